The van der Waals surface area contributed by atoms with Gasteiger partial charge in [0.2, 0.25) is 0 Å². The van der Waals surface area contributed by atoms with Gasteiger partial charge in [-0.2, -0.15) is 0 Å². The Bertz CT molecular complexity index is 666. The monoisotopic (exact) mass is 352 g/mol. The molecule has 2 aliphatic heterocycles. The molecule has 2 N–H and O–H groups in total. The van der Waals surface area contributed by atoms with Crippen LogP contribution in [0, 0.1) is 0 Å². The van der Waals surface area contributed by atoms with E-state index >= 15 is 0 Å². The molecule has 5 nitrogen and oxygen atoms in total. The normalized spacial score (nSPS) is 34.6. The topological polar surface area (TPSA) is 73.1 Å². The molecule has 2 heterocycles. The van der Waals surface area contributed by atoms with Crippen molar-refractivity contribution in [3.63, 3.8) is 0 Å². The summed E-state index contributed by atoms with van der Waals surface area (Å²) in [5, 5.41) is 20.6. The number of carboxylic acid groups (broad SMARTS) is 1. The summed E-state index contributed by atoms with van der Waals surface area (Å²) in [6.45, 7) is 3.87. The predicted octanol–water partition coefficient (Wildman–Crippen LogP) is 2.49. The first-order chi connectivity index (χ1) is 10.8. The van der Waals surface area contributed by atoms with Crippen LogP contribution in [0.15, 0.2) is 29.3 Å². The first-order valence-electron chi connectivity index (χ1n) is 7.45. The molecule has 1 fully saturated rings. The van der Waals surface area contributed by atoms with Gasteiger partial charge in [-0.05, 0) is 26.1 Å². The number of nitrogens with zero attached hydrogens (tertiary/aromatic N) is 2. The Balaban J connectivity index is 1.87. The maximum atomic E-state index is 11.6. The Morgan fingerprint density at radius 2 is 2.13 bits per heavy atom. The van der Waals surface area contributed by atoms with Gasteiger partial charge in [0.15, 0.2) is 0 Å². The molecule has 124 valence electrons. The van der Waals surface area contributed by atoms with Crippen molar-refractivity contribution in [3.8, 4) is 5.75 Å². The quantitative estimate of drug-likeness (QED) is 0.871. The van der Waals surface area contributed by atoms with E-state index in [1.54, 1.807) is 42.6 Å². The number of benzene rings is 1. The highest BCUT2D eigenvalue weighted by Crippen LogP contribution is 2.44. The maximum Gasteiger partial charge on any atom is 0.324 e. The van der Waals surface area contributed by atoms with E-state index in [9.17, 15) is 15.0 Å². The summed E-state index contributed by atoms with van der Waals surface area (Å²) in [6, 6.07) is 7.20. The van der Waals surface area contributed by atoms with Gasteiger partial charge >= 0.3 is 5.97 Å². The summed E-state index contributed by atoms with van der Waals surface area (Å²) in [5.41, 5.74) is -0.106. The molecule has 0 radical (unpaired) electrons. The number of hydrogen-bond donors (Lipinski definition) is 2. The average Bonchev–Trinajstić information content (AvgIpc) is 3.02. The molecule has 0 bridgehead atoms. The number of carboxylic acids is 1. The van der Waals surface area contributed by atoms with Crippen molar-refractivity contribution in [1.82, 2.24) is 4.90 Å². The summed E-state index contributed by atoms with van der Waals surface area (Å²) in [4.78, 5) is 18.3. The van der Waals surface area contributed by atoms with E-state index in [0.717, 1.165) is 10.6 Å². The molecule has 23 heavy (non-hydrogen) atoms. The van der Waals surface area contributed by atoms with Crippen molar-refractivity contribution in [1.29, 1.82) is 0 Å². The second-order valence-electron chi connectivity index (χ2n) is 6.16. The Morgan fingerprint density at radius 1 is 1.43 bits per heavy atom. The van der Waals surface area contributed by atoms with Crippen LogP contribution in [0.4, 0.5) is 0 Å². The van der Waals surface area contributed by atoms with E-state index in [0.29, 0.717) is 5.75 Å². The van der Waals surface area contributed by atoms with Gasteiger partial charge in [0.1, 0.15) is 16.3 Å². The smallest absolute Gasteiger partial charge is 0.324 e. The van der Waals surface area contributed by atoms with Crippen LogP contribution in [-0.2, 0) is 4.79 Å². The lowest BCUT2D eigenvalue weighted by molar-refractivity contribution is -0.147. The molecule has 0 saturated carbocycles. The van der Waals surface area contributed by atoms with E-state index in [-0.39, 0.29) is 22.4 Å². The predicted molar refractivity (Wildman–Crippen MR) is 95.5 cm³/mol. The van der Waals surface area contributed by atoms with Crippen molar-refractivity contribution >= 4 is 34.5 Å². The lowest BCUT2D eigenvalue weighted by Gasteiger charge is -2.33. The molecule has 1 saturated heterocycles. The van der Waals surface area contributed by atoms with Crippen LogP contribution in [0.25, 0.3) is 0 Å². The van der Waals surface area contributed by atoms with Crippen molar-refractivity contribution in [2.45, 2.75) is 36.1 Å². The molecule has 1 aromatic carbocycles. The number of carbonyl (C=O) groups is 1. The molecule has 2 aliphatic rings. The summed E-state index contributed by atoms with van der Waals surface area (Å²) in [6.07, 6.45) is 0. The summed E-state index contributed by atoms with van der Waals surface area (Å²) in [7, 11) is 1.86. The fourth-order valence-corrected chi connectivity index (χ4v) is 5.94. The molecule has 0 unspecified atom stereocenters. The summed E-state index contributed by atoms with van der Waals surface area (Å²) < 4.78 is 0. The third kappa shape index (κ3) is 2.75. The van der Waals surface area contributed by atoms with Crippen LogP contribution in [-0.4, -0.2) is 61.1 Å². The van der Waals surface area contributed by atoms with Gasteiger partial charge in [-0.25, -0.2) is 0 Å². The molecule has 0 aliphatic carbocycles. The first-order valence-corrected chi connectivity index (χ1v) is 9.38. The highest BCUT2D eigenvalue weighted by molar-refractivity contribution is 8.15. The number of aromatic hydroxyl groups is 1. The zero-order valence-electron chi connectivity index (χ0n) is 13.3. The van der Waals surface area contributed by atoms with Gasteiger partial charge in [0, 0.05) is 16.6 Å². The number of likely N-dealkylation sites (N-methyl/N-ethyl adjacent to an activating group) is 1. The standard InChI is InChI=1S/C16H20N2O3S2/c1-9-12(14-18(3)16(2,8-22-14)15(20)21)17-13(23-9)10-6-4-5-7-11(10)19/h4-7,9,12,14,19H,8H2,1-3H3,(H,20,21)/t9-,12+,14-,16-/m0/s1. The third-order valence-corrected chi connectivity index (χ3v) is 7.49. The Hall–Kier alpha value is -1.18. The van der Waals surface area contributed by atoms with E-state index in [1.165, 1.54) is 0 Å². The highest BCUT2D eigenvalue weighted by Gasteiger charge is 2.51. The second kappa shape index (κ2) is 6.03. The summed E-state index contributed by atoms with van der Waals surface area (Å²) in [5.74, 6) is -0.00800. The Kier molecular flexibility index (Phi) is 4.37. The van der Waals surface area contributed by atoms with Crippen molar-refractivity contribution in [2.75, 3.05) is 12.8 Å². The Morgan fingerprint density at radius 3 is 2.74 bits per heavy atom. The molecule has 0 aromatic heterocycles. The number of thioether (sulfide) groups is 2. The van der Waals surface area contributed by atoms with Crippen LogP contribution in [0.5, 0.6) is 5.75 Å². The average molecular weight is 352 g/mol. The second-order valence-corrected chi connectivity index (χ2v) is 8.63. The van der Waals surface area contributed by atoms with Gasteiger partial charge < -0.3 is 10.2 Å². The van der Waals surface area contributed by atoms with Crippen molar-refractivity contribution < 1.29 is 15.0 Å². The van der Waals surface area contributed by atoms with Gasteiger partial charge in [-0.15, -0.1) is 23.5 Å². The van der Waals surface area contributed by atoms with Gasteiger partial charge in [-0.1, -0.05) is 19.1 Å². The van der Waals surface area contributed by atoms with Crippen LogP contribution < -0.4 is 0 Å². The number of phenols is 1. The molecule has 4 atom stereocenters. The fourth-order valence-electron chi connectivity index (χ4n) is 2.88. The number of para-hydroxylation sites is 1. The molecule has 0 amide bonds. The SMILES string of the molecule is C[C@@H]1SC(c2ccccc2O)=N[C@H]1[C@@H]1SC[C@@](C)(C(=O)O)N1C. The molecule has 3 rings (SSSR count). The van der Waals surface area contributed by atoms with E-state index in [1.807, 2.05) is 24.1 Å². The largest absolute Gasteiger partial charge is 0.507 e. The van der Waals surface area contributed by atoms with Gasteiger partial charge in [0.05, 0.1) is 11.4 Å². The van der Waals surface area contributed by atoms with E-state index < -0.39 is 11.5 Å². The fraction of sp³-hybridized carbons (Fsp3) is 0.500. The number of hydrogen-bond acceptors (Lipinski definition) is 6. The van der Waals surface area contributed by atoms with E-state index in [2.05, 4.69) is 6.92 Å². The minimum atomic E-state index is -0.854. The first kappa shape index (κ1) is 16.7. The highest BCUT2D eigenvalue weighted by atomic mass is 32.2. The zero-order chi connectivity index (χ0) is 16.8. The number of phenolic OH excluding ortho intramolecular Hbond substituents is 1. The minimum absolute atomic E-state index is 0.00535. The van der Waals surface area contributed by atoms with Crippen molar-refractivity contribution in [3.05, 3.63) is 29.8 Å². The summed E-state index contributed by atoms with van der Waals surface area (Å²) >= 11 is 3.29. The van der Waals surface area contributed by atoms with Gasteiger partial charge in [-0.3, -0.25) is 14.7 Å². The lowest BCUT2D eigenvalue weighted by atomic mass is 10.0. The molecular formula is C16H20N2O3S2. The van der Waals surface area contributed by atoms with E-state index in [4.69, 9.17) is 4.99 Å². The molecular weight excluding hydrogens is 332 g/mol. The number of aliphatic carboxylic acids is 1. The van der Waals surface area contributed by atoms with Gasteiger partial charge in [0.25, 0.3) is 0 Å². The lowest BCUT2D eigenvalue weighted by Crippen LogP contribution is -2.52. The molecule has 1 aromatic rings. The van der Waals surface area contributed by atoms with Crippen LogP contribution in [0.2, 0.25) is 0 Å². The van der Waals surface area contributed by atoms with Crippen molar-refractivity contribution in [2.24, 2.45) is 4.99 Å². The number of aliphatic imine (C=N–C) groups is 1. The van der Waals surface area contributed by atoms with Crippen LogP contribution >= 0.6 is 23.5 Å². The maximum absolute atomic E-state index is 11.6. The molecule has 0 spiro atoms. The van der Waals surface area contributed by atoms with Crippen LogP contribution in [0.1, 0.15) is 19.4 Å². The molecule has 7 heteroatoms. The number of rotatable bonds is 3. The third-order valence-electron chi connectivity index (χ3n) is 4.63. The Labute approximate surface area is 144 Å². The minimum Gasteiger partial charge on any atom is -0.507 e. The van der Waals surface area contributed by atoms with Crippen LogP contribution in [0.3, 0.4) is 0 Å². The zero-order valence-corrected chi connectivity index (χ0v) is 14.9.